The lowest BCUT2D eigenvalue weighted by Gasteiger charge is -2.28. The highest BCUT2D eigenvalue weighted by Crippen LogP contribution is 2.37. The minimum Gasteiger partial charge on any atom is -0.493 e. The van der Waals surface area contributed by atoms with E-state index in [9.17, 15) is 0 Å². The van der Waals surface area contributed by atoms with Gasteiger partial charge in [0.2, 0.25) is 0 Å². The Morgan fingerprint density at radius 1 is 1.41 bits per heavy atom. The molecule has 0 spiro atoms. The zero-order valence-corrected chi connectivity index (χ0v) is 10.9. The molecule has 1 aromatic carbocycles. The molecule has 94 valence electrons. The van der Waals surface area contributed by atoms with E-state index < -0.39 is 0 Å². The average Bonchev–Trinajstić information content (AvgIpc) is 2.37. The maximum atomic E-state index is 5.70. The van der Waals surface area contributed by atoms with E-state index in [0.717, 1.165) is 24.8 Å². The predicted molar refractivity (Wildman–Crippen MR) is 71.6 cm³/mol. The van der Waals surface area contributed by atoms with Gasteiger partial charge in [0.25, 0.3) is 0 Å². The van der Waals surface area contributed by atoms with Crippen molar-refractivity contribution in [3.8, 4) is 5.75 Å². The summed E-state index contributed by atoms with van der Waals surface area (Å²) in [6, 6.07) is 8.51. The van der Waals surface area contributed by atoms with Gasteiger partial charge in [-0.3, -0.25) is 0 Å². The zero-order valence-electron chi connectivity index (χ0n) is 10.9. The summed E-state index contributed by atoms with van der Waals surface area (Å²) in [5, 5.41) is 3.23. The van der Waals surface area contributed by atoms with Crippen LogP contribution in [0.1, 0.15) is 37.7 Å². The molecule has 2 rings (SSSR count). The van der Waals surface area contributed by atoms with Crippen LogP contribution in [-0.2, 0) is 0 Å². The van der Waals surface area contributed by atoms with Crippen LogP contribution < -0.4 is 10.1 Å². The lowest BCUT2D eigenvalue weighted by Crippen LogP contribution is -2.18. The average molecular weight is 233 g/mol. The molecular weight excluding hydrogens is 210 g/mol. The summed E-state index contributed by atoms with van der Waals surface area (Å²) in [5.74, 6) is 2.56. The smallest absolute Gasteiger partial charge is 0.122 e. The number of fused-ring (bicyclic) bond motifs is 1. The van der Waals surface area contributed by atoms with Crippen molar-refractivity contribution in [3.63, 3.8) is 0 Å². The van der Waals surface area contributed by atoms with Gasteiger partial charge in [-0.05, 0) is 56.3 Å². The number of nitrogens with one attached hydrogen (secondary N) is 1. The van der Waals surface area contributed by atoms with Gasteiger partial charge in [0.15, 0.2) is 0 Å². The topological polar surface area (TPSA) is 21.3 Å². The molecule has 0 fully saturated rings. The van der Waals surface area contributed by atoms with Crippen LogP contribution in [0.3, 0.4) is 0 Å². The molecule has 0 saturated carbocycles. The van der Waals surface area contributed by atoms with E-state index in [1.165, 1.54) is 24.8 Å². The quantitative estimate of drug-likeness (QED) is 0.843. The van der Waals surface area contributed by atoms with Crippen LogP contribution in [0.25, 0.3) is 0 Å². The van der Waals surface area contributed by atoms with E-state index in [1.54, 1.807) is 0 Å². The van der Waals surface area contributed by atoms with Gasteiger partial charge in [0.1, 0.15) is 5.75 Å². The minimum absolute atomic E-state index is 0.687. The molecule has 0 aromatic heterocycles. The molecule has 0 saturated heterocycles. The van der Waals surface area contributed by atoms with Crippen LogP contribution in [0.2, 0.25) is 0 Å². The van der Waals surface area contributed by atoms with E-state index in [0.29, 0.717) is 5.92 Å². The Hall–Kier alpha value is -1.02. The summed E-state index contributed by atoms with van der Waals surface area (Å²) in [4.78, 5) is 0. The van der Waals surface area contributed by atoms with Crippen LogP contribution in [0, 0.1) is 5.92 Å². The van der Waals surface area contributed by atoms with Crippen molar-refractivity contribution in [1.29, 1.82) is 0 Å². The first-order valence-electron chi connectivity index (χ1n) is 6.67. The summed E-state index contributed by atoms with van der Waals surface area (Å²) < 4.78 is 5.70. The van der Waals surface area contributed by atoms with Crippen LogP contribution in [0.15, 0.2) is 24.3 Å². The molecule has 1 aromatic rings. The van der Waals surface area contributed by atoms with Gasteiger partial charge in [0.05, 0.1) is 6.61 Å². The van der Waals surface area contributed by atoms with Crippen LogP contribution in [0.4, 0.5) is 0 Å². The molecule has 0 bridgehead atoms. The number of para-hydroxylation sites is 1. The first-order chi connectivity index (χ1) is 8.31. The molecule has 2 heteroatoms. The largest absolute Gasteiger partial charge is 0.493 e. The van der Waals surface area contributed by atoms with E-state index >= 15 is 0 Å². The summed E-state index contributed by atoms with van der Waals surface area (Å²) in [6.45, 7) is 4.35. The van der Waals surface area contributed by atoms with Crippen molar-refractivity contribution in [2.45, 2.75) is 32.1 Å². The lowest BCUT2D eigenvalue weighted by atomic mass is 9.84. The van der Waals surface area contributed by atoms with Gasteiger partial charge in [-0.1, -0.05) is 25.1 Å². The van der Waals surface area contributed by atoms with E-state index in [-0.39, 0.29) is 0 Å². The van der Waals surface area contributed by atoms with Gasteiger partial charge in [0, 0.05) is 0 Å². The van der Waals surface area contributed by atoms with Crippen LogP contribution in [0.5, 0.6) is 5.75 Å². The maximum absolute atomic E-state index is 5.70. The normalized spacial score (nSPS) is 20.5. The number of ether oxygens (including phenoxy) is 1. The second-order valence-electron chi connectivity index (χ2n) is 5.10. The monoisotopic (exact) mass is 233 g/mol. The SMILES string of the molecule is CNCCC(C)CC1CCOc2ccccc21. The lowest BCUT2D eigenvalue weighted by molar-refractivity contribution is 0.252. The second kappa shape index (κ2) is 6.06. The Kier molecular flexibility index (Phi) is 4.43. The Morgan fingerprint density at radius 2 is 2.24 bits per heavy atom. The molecule has 2 atom stereocenters. The van der Waals surface area contributed by atoms with Crippen molar-refractivity contribution in [2.24, 2.45) is 5.92 Å². The molecule has 1 aliphatic heterocycles. The Morgan fingerprint density at radius 3 is 3.06 bits per heavy atom. The van der Waals surface area contributed by atoms with Crippen molar-refractivity contribution in [1.82, 2.24) is 5.32 Å². The third-order valence-corrected chi connectivity index (χ3v) is 3.66. The molecule has 0 radical (unpaired) electrons. The molecule has 1 aliphatic rings. The summed E-state index contributed by atoms with van der Waals surface area (Å²) >= 11 is 0. The molecule has 0 aliphatic carbocycles. The number of hydrogen-bond donors (Lipinski definition) is 1. The number of hydrogen-bond acceptors (Lipinski definition) is 2. The van der Waals surface area contributed by atoms with E-state index in [2.05, 4.69) is 36.5 Å². The van der Waals surface area contributed by atoms with Crippen molar-refractivity contribution in [3.05, 3.63) is 29.8 Å². The molecule has 1 N–H and O–H groups in total. The fourth-order valence-electron chi connectivity index (χ4n) is 2.65. The summed E-state index contributed by atoms with van der Waals surface area (Å²) in [5.41, 5.74) is 1.41. The molecule has 17 heavy (non-hydrogen) atoms. The number of benzene rings is 1. The Balaban J connectivity index is 1.98. The minimum atomic E-state index is 0.687. The first-order valence-corrected chi connectivity index (χ1v) is 6.67. The van der Waals surface area contributed by atoms with E-state index in [4.69, 9.17) is 4.74 Å². The van der Waals surface area contributed by atoms with Crippen LogP contribution in [-0.4, -0.2) is 20.2 Å². The maximum Gasteiger partial charge on any atom is 0.122 e. The van der Waals surface area contributed by atoms with Gasteiger partial charge < -0.3 is 10.1 Å². The van der Waals surface area contributed by atoms with Gasteiger partial charge >= 0.3 is 0 Å². The van der Waals surface area contributed by atoms with E-state index in [1.807, 2.05) is 7.05 Å². The van der Waals surface area contributed by atoms with Gasteiger partial charge in [-0.25, -0.2) is 0 Å². The molecule has 1 heterocycles. The first kappa shape index (κ1) is 12.4. The molecule has 2 unspecified atom stereocenters. The molecule has 2 nitrogen and oxygen atoms in total. The summed E-state index contributed by atoms with van der Waals surface area (Å²) in [7, 11) is 2.02. The zero-order chi connectivity index (χ0) is 12.1. The Bertz CT molecular complexity index is 351. The van der Waals surface area contributed by atoms with Crippen molar-refractivity contribution < 1.29 is 4.74 Å². The van der Waals surface area contributed by atoms with Gasteiger partial charge in [-0.15, -0.1) is 0 Å². The van der Waals surface area contributed by atoms with Crippen LogP contribution >= 0.6 is 0 Å². The standard InChI is InChI=1S/C15H23NO/c1-12(7-9-16-2)11-13-8-10-17-15-6-4-3-5-14(13)15/h3-6,12-13,16H,7-11H2,1-2H3. The Labute approximate surface area is 104 Å². The predicted octanol–water partition coefficient (Wildman–Crippen LogP) is 3.19. The van der Waals surface area contributed by atoms with Crippen molar-refractivity contribution >= 4 is 0 Å². The van der Waals surface area contributed by atoms with Gasteiger partial charge in [-0.2, -0.15) is 0 Å². The number of rotatable bonds is 5. The third-order valence-electron chi connectivity index (χ3n) is 3.66. The summed E-state index contributed by atoms with van der Waals surface area (Å²) in [6.07, 6.45) is 3.71. The molecule has 0 amide bonds. The second-order valence-corrected chi connectivity index (χ2v) is 5.10. The fourth-order valence-corrected chi connectivity index (χ4v) is 2.65. The fraction of sp³-hybridized carbons (Fsp3) is 0.600. The highest BCUT2D eigenvalue weighted by Gasteiger charge is 2.22. The third kappa shape index (κ3) is 3.22. The van der Waals surface area contributed by atoms with Crippen molar-refractivity contribution in [2.75, 3.05) is 20.2 Å². The highest BCUT2D eigenvalue weighted by atomic mass is 16.5. The highest BCUT2D eigenvalue weighted by molar-refractivity contribution is 5.37. The molecular formula is C15H23NO.